The van der Waals surface area contributed by atoms with E-state index in [0.29, 0.717) is 23.6 Å². The van der Waals surface area contributed by atoms with Gasteiger partial charge in [-0.15, -0.1) is 0 Å². The lowest BCUT2D eigenvalue weighted by molar-refractivity contribution is 0.0698. The Morgan fingerprint density at radius 3 is 2.52 bits per heavy atom. The summed E-state index contributed by atoms with van der Waals surface area (Å²) in [5, 5.41) is 12.7. The Hall–Kier alpha value is -1.40. The summed E-state index contributed by atoms with van der Waals surface area (Å²) in [6.45, 7) is 5.43. The van der Waals surface area contributed by atoms with Gasteiger partial charge in [0.05, 0.1) is 10.7 Å². The molecule has 2 rings (SSSR count). The average molecular weight is 329 g/mol. The predicted octanol–water partition coefficient (Wildman–Crippen LogP) is 3.40. The third-order valence-electron chi connectivity index (χ3n) is 3.18. The number of thioether (sulfide) groups is 1. The summed E-state index contributed by atoms with van der Waals surface area (Å²) in [6.07, 6.45) is 0. The van der Waals surface area contributed by atoms with Crippen LogP contribution in [0, 0.1) is 0 Å². The second-order valence-corrected chi connectivity index (χ2v) is 7.35. The van der Waals surface area contributed by atoms with E-state index >= 15 is 0 Å². The van der Waals surface area contributed by atoms with Crippen LogP contribution in [-0.2, 0) is 0 Å². The Labute approximate surface area is 132 Å². The minimum absolute atomic E-state index is 0.0833. The molecule has 0 radical (unpaired) electrons. The van der Waals surface area contributed by atoms with Gasteiger partial charge < -0.3 is 15.3 Å². The molecular formula is C14H17ClN2O3S. The third-order valence-corrected chi connectivity index (χ3v) is 4.72. The maximum atomic E-state index is 12.3. The molecule has 2 atom stereocenters. The number of rotatable bonds is 2. The predicted molar refractivity (Wildman–Crippen MR) is 85.5 cm³/mol. The topological polar surface area (TPSA) is 69.6 Å². The van der Waals surface area contributed by atoms with Crippen molar-refractivity contribution in [2.45, 2.75) is 24.3 Å². The molecule has 1 heterocycles. The van der Waals surface area contributed by atoms with Crippen molar-refractivity contribution in [1.29, 1.82) is 0 Å². The zero-order valence-corrected chi connectivity index (χ0v) is 13.4. The van der Waals surface area contributed by atoms with Crippen LogP contribution in [0.25, 0.3) is 0 Å². The molecule has 114 valence electrons. The number of benzene rings is 1. The van der Waals surface area contributed by atoms with Crippen molar-refractivity contribution >= 4 is 41.1 Å². The summed E-state index contributed by atoms with van der Waals surface area (Å²) < 4.78 is 0. The number of anilines is 1. The van der Waals surface area contributed by atoms with E-state index in [1.807, 2.05) is 11.8 Å². The quantitative estimate of drug-likeness (QED) is 0.873. The van der Waals surface area contributed by atoms with Crippen molar-refractivity contribution in [3.63, 3.8) is 0 Å². The van der Waals surface area contributed by atoms with E-state index in [-0.39, 0.29) is 22.3 Å². The first-order valence-electron chi connectivity index (χ1n) is 6.61. The minimum Gasteiger partial charge on any atom is -0.478 e. The molecule has 1 aliphatic heterocycles. The number of hydrogen-bond acceptors (Lipinski definition) is 3. The van der Waals surface area contributed by atoms with E-state index in [1.54, 1.807) is 17.0 Å². The van der Waals surface area contributed by atoms with Crippen LogP contribution in [0.1, 0.15) is 24.2 Å². The first-order valence-corrected chi connectivity index (χ1v) is 7.93. The van der Waals surface area contributed by atoms with Gasteiger partial charge in [0.1, 0.15) is 5.56 Å². The van der Waals surface area contributed by atoms with Gasteiger partial charge in [0.15, 0.2) is 0 Å². The Bertz CT molecular complexity index is 557. The standard InChI is InChI=1S/C14H17ClN2O3S/c1-8-6-17(7-9(2)21-8)14(20)16-11-5-3-4-10(15)12(11)13(18)19/h3-5,8-9H,6-7H2,1-2H3,(H,16,20)(H,18,19). The van der Waals surface area contributed by atoms with E-state index in [0.717, 1.165) is 0 Å². The smallest absolute Gasteiger partial charge is 0.339 e. The fraction of sp³-hybridized carbons (Fsp3) is 0.429. The molecule has 21 heavy (non-hydrogen) atoms. The maximum Gasteiger partial charge on any atom is 0.339 e. The molecule has 1 aromatic carbocycles. The third kappa shape index (κ3) is 3.83. The maximum absolute atomic E-state index is 12.3. The number of carboxylic acids is 1. The summed E-state index contributed by atoms with van der Waals surface area (Å²) >= 11 is 7.73. The normalized spacial score (nSPS) is 22.0. The second-order valence-electron chi connectivity index (χ2n) is 5.06. The molecule has 2 unspecified atom stereocenters. The highest BCUT2D eigenvalue weighted by molar-refractivity contribution is 8.00. The number of nitrogens with one attached hydrogen (secondary N) is 1. The zero-order chi connectivity index (χ0) is 15.6. The SMILES string of the molecule is CC1CN(C(=O)Nc2cccc(Cl)c2C(=O)O)CC(C)S1. The van der Waals surface area contributed by atoms with Crippen molar-refractivity contribution in [3.8, 4) is 0 Å². The van der Waals surface area contributed by atoms with Gasteiger partial charge in [0.2, 0.25) is 0 Å². The second kappa shape index (κ2) is 6.58. The molecule has 0 saturated carbocycles. The van der Waals surface area contributed by atoms with E-state index < -0.39 is 5.97 Å². The molecule has 0 spiro atoms. The summed E-state index contributed by atoms with van der Waals surface area (Å²) in [5.41, 5.74) is 0.138. The number of amides is 2. The fourth-order valence-corrected chi connectivity index (χ4v) is 3.96. The number of aromatic carboxylic acids is 1. The molecule has 1 aliphatic rings. The van der Waals surface area contributed by atoms with E-state index in [4.69, 9.17) is 11.6 Å². The Morgan fingerprint density at radius 2 is 1.95 bits per heavy atom. The number of nitrogens with zero attached hydrogens (tertiary/aromatic N) is 1. The molecule has 2 N–H and O–H groups in total. The lowest BCUT2D eigenvalue weighted by Crippen LogP contribution is -2.46. The molecule has 1 fully saturated rings. The largest absolute Gasteiger partial charge is 0.478 e. The van der Waals surface area contributed by atoms with E-state index in [9.17, 15) is 14.7 Å². The monoisotopic (exact) mass is 328 g/mol. The van der Waals surface area contributed by atoms with Crippen LogP contribution in [0.5, 0.6) is 0 Å². The number of hydrogen-bond donors (Lipinski definition) is 2. The lowest BCUT2D eigenvalue weighted by Gasteiger charge is -2.34. The molecule has 1 aromatic rings. The van der Waals surface area contributed by atoms with Crippen molar-refractivity contribution < 1.29 is 14.7 Å². The number of urea groups is 1. The van der Waals surface area contributed by atoms with Crippen LogP contribution in [0.4, 0.5) is 10.5 Å². The molecule has 1 saturated heterocycles. The summed E-state index contributed by atoms with van der Waals surface area (Å²) in [7, 11) is 0. The van der Waals surface area contributed by atoms with Crippen molar-refractivity contribution in [3.05, 3.63) is 28.8 Å². The van der Waals surface area contributed by atoms with E-state index in [2.05, 4.69) is 19.2 Å². The van der Waals surface area contributed by atoms with Crippen LogP contribution in [0.3, 0.4) is 0 Å². The summed E-state index contributed by atoms with van der Waals surface area (Å²) in [6, 6.07) is 4.35. The Morgan fingerprint density at radius 1 is 1.33 bits per heavy atom. The van der Waals surface area contributed by atoms with Gasteiger partial charge in [-0.3, -0.25) is 0 Å². The summed E-state index contributed by atoms with van der Waals surface area (Å²) in [5.74, 6) is -1.16. The molecule has 2 amide bonds. The van der Waals surface area contributed by atoms with Crippen LogP contribution in [-0.4, -0.2) is 45.6 Å². The van der Waals surface area contributed by atoms with Crippen LogP contribution < -0.4 is 5.32 Å². The van der Waals surface area contributed by atoms with Crippen LogP contribution in [0.2, 0.25) is 5.02 Å². The molecule has 0 bridgehead atoms. The molecule has 0 aliphatic carbocycles. The van der Waals surface area contributed by atoms with Gasteiger partial charge in [-0.1, -0.05) is 31.5 Å². The first kappa shape index (κ1) is 16.0. The summed E-state index contributed by atoms with van der Waals surface area (Å²) in [4.78, 5) is 25.3. The minimum atomic E-state index is -1.16. The highest BCUT2D eigenvalue weighted by atomic mass is 35.5. The number of halogens is 1. The molecule has 7 heteroatoms. The van der Waals surface area contributed by atoms with Gasteiger partial charge in [-0.2, -0.15) is 11.8 Å². The fourth-order valence-electron chi connectivity index (χ4n) is 2.38. The number of carboxylic acid groups (broad SMARTS) is 1. The highest BCUT2D eigenvalue weighted by Gasteiger charge is 2.26. The molecular weight excluding hydrogens is 312 g/mol. The van der Waals surface area contributed by atoms with Crippen molar-refractivity contribution in [1.82, 2.24) is 4.90 Å². The molecule has 5 nitrogen and oxygen atoms in total. The average Bonchev–Trinajstić information content (AvgIpc) is 2.37. The van der Waals surface area contributed by atoms with Gasteiger partial charge >= 0.3 is 12.0 Å². The molecule has 0 aromatic heterocycles. The number of carbonyl (C=O) groups is 2. The first-order chi connectivity index (χ1) is 9.88. The van der Waals surface area contributed by atoms with Gasteiger partial charge in [-0.05, 0) is 12.1 Å². The Kier molecular flexibility index (Phi) is 5.00. The van der Waals surface area contributed by atoms with Gasteiger partial charge in [0.25, 0.3) is 0 Å². The van der Waals surface area contributed by atoms with Crippen molar-refractivity contribution in [2.24, 2.45) is 0 Å². The number of carbonyl (C=O) groups excluding carboxylic acids is 1. The van der Waals surface area contributed by atoms with Crippen LogP contribution in [0.15, 0.2) is 18.2 Å². The highest BCUT2D eigenvalue weighted by Crippen LogP contribution is 2.27. The van der Waals surface area contributed by atoms with Gasteiger partial charge in [-0.25, -0.2) is 9.59 Å². The van der Waals surface area contributed by atoms with Gasteiger partial charge in [0, 0.05) is 23.6 Å². The van der Waals surface area contributed by atoms with Crippen LogP contribution >= 0.6 is 23.4 Å². The zero-order valence-electron chi connectivity index (χ0n) is 11.8. The van der Waals surface area contributed by atoms with Crippen molar-refractivity contribution in [2.75, 3.05) is 18.4 Å². The van der Waals surface area contributed by atoms with E-state index in [1.165, 1.54) is 6.07 Å². The Balaban J connectivity index is 2.16. The lowest BCUT2D eigenvalue weighted by atomic mass is 10.2.